The molecule has 0 aromatic heterocycles. The van der Waals surface area contributed by atoms with E-state index in [0.29, 0.717) is 11.4 Å². The zero-order valence-electron chi connectivity index (χ0n) is 14.9. The van der Waals surface area contributed by atoms with Gasteiger partial charge in [-0.2, -0.15) is 0 Å². The van der Waals surface area contributed by atoms with Crippen LogP contribution >= 0.6 is 0 Å². The van der Waals surface area contributed by atoms with Crippen molar-refractivity contribution in [1.82, 2.24) is 5.32 Å². The number of ether oxygens (including phenoxy) is 1. The normalized spacial score (nSPS) is 12.4. The number of carbonyl (C=O) groups is 3. The van der Waals surface area contributed by atoms with Gasteiger partial charge in [0.25, 0.3) is 5.91 Å². The molecule has 0 saturated carbocycles. The highest BCUT2D eigenvalue weighted by atomic mass is 19.1. The van der Waals surface area contributed by atoms with Crippen molar-refractivity contribution in [3.05, 3.63) is 60.4 Å². The number of anilines is 2. The molecule has 0 bridgehead atoms. The van der Waals surface area contributed by atoms with Crippen molar-refractivity contribution in [2.45, 2.75) is 26.0 Å². The summed E-state index contributed by atoms with van der Waals surface area (Å²) in [6.07, 6.45) is -1.09. The smallest absolute Gasteiger partial charge is 0.329 e. The van der Waals surface area contributed by atoms with Gasteiger partial charge in [-0.1, -0.05) is 18.2 Å². The molecule has 0 unspecified atom stereocenters. The van der Waals surface area contributed by atoms with Crippen LogP contribution in [0.4, 0.5) is 20.6 Å². The van der Waals surface area contributed by atoms with Gasteiger partial charge in [-0.15, -0.1) is 0 Å². The lowest BCUT2D eigenvalue weighted by Crippen LogP contribution is -2.44. The molecule has 2 aromatic carbocycles. The van der Waals surface area contributed by atoms with Gasteiger partial charge in [-0.05, 0) is 50.2 Å². The Hall–Kier alpha value is -3.42. The third-order valence-corrected chi connectivity index (χ3v) is 3.51. The highest BCUT2D eigenvalue weighted by Gasteiger charge is 2.23. The molecule has 3 N–H and O–H groups in total. The van der Waals surface area contributed by atoms with E-state index in [9.17, 15) is 18.8 Å². The highest BCUT2D eigenvalue weighted by molar-refractivity contribution is 5.96. The molecule has 0 aliphatic heterocycles. The Morgan fingerprint density at radius 3 is 2.11 bits per heavy atom. The standard InChI is InChI=1S/C19H20FN3O4/c1-12(21-19(26)23-15-6-4-3-5-7-15)18(25)27-13(2)17(24)22-16-10-8-14(20)9-11-16/h3-13H,1-2H3,(H,22,24)(H2,21,23,26)/t12-,13+/m0/s1. The highest BCUT2D eigenvalue weighted by Crippen LogP contribution is 2.10. The van der Waals surface area contributed by atoms with E-state index in [-0.39, 0.29) is 0 Å². The Bertz CT molecular complexity index is 796. The van der Waals surface area contributed by atoms with E-state index in [1.165, 1.54) is 38.1 Å². The molecule has 0 spiro atoms. The molecule has 8 heteroatoms. The molecule has 7 nitrogen and oxygen atoms in total. The van der Waals surface area contributed by atoms with Crippen molar-refractivity contribution >= 4 is 29.3 Å². The lowest BCUT2D eigenvalue weighted by atomic mass is 10.3. The van der Waals surface area contributed by atoms with E-state index >= 15 is 0 Å². The van der Waals surface area contributed by atoms with Gasteiger partial charge in [0, 0.05) is 11.4 Å². The number of esters is 1. The van der Waals surface area contributed by atoms with Gasteiger partial charge in [0.2, 0.25) is 0 Å². The lowest BCUT2D eigenvalue weighted by Gasteiger charge is -2.18. The van der Waals surface area contributed by atoms with E-state index in [2.05, 4.69) is 16.0 Å². The molecule has 0 heterocycles. The molecule has 0 radical (unpaired) electrons. The molecule has 0 aliphatic carbocycles. The summed E-state index contributed by atoms with van der Waals surface area (Å²) in [5.41, 5.74) is 0.945. The topological polar surface area (TPSA) is 96.5 Å². The van der Waals surface area contributed by atoms with E-state index in [1.807, 2.05) is 0 Å². The Morgan fingerprint density at radius 2 is 1.48 bits per heavy atom. The van der Waals surface area contributed by atoms with E-state index in [4.69, 9.17) is 4.74 Å². The number of hydrogen-bond acceptors (Lipinski definition) is 4. The number of rotatable bonds is 6. The number of hydrogen-bond donors (Lipinski definition) is 3. The number of carbonyl (C=O) groups excluding carboxylic acids is 3. The summed E-state index contributed by atoms with van der Waals surface area (Å²) in [6, 6.07) is 12.4. The van der Waals surface area contributed by atoms with Crippen molar-refractivity contribution in [3.8, 4) is 0 Å². The summed E-state index contributed by atoms with van der Waals surface area (Å²) in [7, 11) is 0. The summed E-state index contributed by atoms with van der Waals surface area (Å²) in [5, 5.41) is 7.51. The maximum Gasteiger partial charge on any atom is 0.329 e. The Balaban J connectivity index is 1.80. The number of nitrogens with one attached hydrogen (secondary N) is 3. The largest absolute Gasteiger partial charge is 0.451 e. The summed E-state index contributed by atoms with van der Waals surface area (Å²) in [5.74, 6) is -1.77. The first-order valence-corrected chi connectivity index (χ1v) is 8.24. The third-order valence-electron chi connectivity index (χ3n) is 3.51. The minimum atomic E-state index is -1.09. The maximum atomic E-state index is 12.9. The Labute approximate surface area is 155 Å². The van der Waals surface area contributed by atoms with Crippen LogP contribution in [0.5, 0.6) is 0 Å². The van der Waals surface area contributed by atoms with Crippen LogP contribution < -0.4 is 16.0 Å². The monoisotopic (exact) mass is 373 g/mol. The van der Waals surface area contributed by atoms with Crippen LogP contribution in [0.25, 0.3) is 0 Å². The predicted molar refractivity (Wildman–Crippen MR) is 98.6 cm³/mol. The zero-order chi connectivity index (χ0) is 19.8. The number of para-hydroxylation sites is 1. The average Bonchev–Trinajstić information content (AvgIpc) is 2.64. The second kappa shape index (κ2) is 9.33. The first kappa shape index (κ1) is 19.9. The Morgan fingerprint density at radius 1 is 0.889 bits per heavy atom. The minimum Gasteiger partial charge on any atom is -0.451 e. The fourth-order valence-corrected chi connectivity index (χ4v) is 2.05. The number of benzene rings is 2. The van der Waals surface area contributed by atoms with Crippen molar-refractivity contribution < 1.29 is 23.5 Å². The molecular formula is C19H20FN3O4. The van der Waals surface area contributed by atoms with E-state index < -0.39 is 35.9 Å². The molecule has 0 aliphatic rings. The lowest BCUT2D eigenvalue weighted by molar-refractivity contribution is -0.154. The minimum absolute atomic E-state index is 0.373. The van der Waals surface area contributed by atoms with Crippen LogP contribution in [-0.4, -0.2) is 30.1 Å². The van der Waals surface area contributed by atoms with Gasteiger partial charge in [-0.25, -0.2) is 14.0 Å². The number of halogens is 1. The van der Waals surface area contributed by atoms with Gasteiger partial charge < -0.3 is 20.7 Å². The number of urea groups is 1. The van der Waals surface area contributed by atoms with Crippen LogP contribution in [0.3, 0.4) is 0 Å². The van der Waals surface area contributed by atoms with Crippen LogP contribution in [-0.2, 0) is 14.3 Å². The van der Waals surface area contributed by atoms with Crippen LogP contribution in [0.15, 0.2) is 54.6 Å². The van der Waals surface area contributed by atoms with Crippen molar-refractivity contribution in [1.29, 1.82) is 0 Å². The molecule has 142 valence electrons. The van der Waals surface area contributed by atoms with Crippen molar-refractivity contribution in [3.63, 3.8) is 0 Å². The van der Waals surface area contributed by atoms with E-state index in [1.54, 1.807) is 30.3 Å². The summed E-state index contributed by atoms with van der Waals surface area (Å²) >= 11 is 0. The van der Waals surface area contributed by atoms with Crippen LogP contribution in [0.2, 0.25) is 0 Å². The molecule has 27 heavy (non-hydrogen) atoms. The van der Waals surface area contributed by atoms with Gasteiger partial charge in [0.15, 0.2) is 6.10 Å². The van der Waals surface area contributed by atoms with Gasteiger partial charge in [0.05, 0.1) is 0 Å². The predicted octanol–water partition coefficient (Wildman–Crippen LogP) is 2.91. The summed E-state index contributed by atoms with van der Waals surface area (Å²) < 4.78 is 17.9. The molecular weight excluding hydrogens is 353 g/mol. The molecule has 0 fully saturated rings. The van der Waals surface area contributed by atoms with Crippen molar-refractivity contribution in [2.75, 3.05) is 10.6 Å². The fraction of sp³-hybridized carbons (Fsp3) is 0.211. The van der Waals surface area contributed by atoms with Gasteiger partial charge in [0.1, 0.15) is 11.9 Å². The quantitative estimate of drug-likeness (QED) is 0.679. The maximum absolute atomic E-state index is 12.9. The fourth-order valence-electron chi connectivity index (χ4n) is 2.05. The summed E-state index contributed by atoms with van der Waals surface area (Å²) in [4.78, 5) is 36.0. The van der Waals surface area contributed by atoms with Crippen LogP contribution in [0.1, 0.15) is 13.8 Å². The van der Waals surface area contributed by atoms with Gasteiger partial charge >= 0.3 is 12.0 Å². The third kappa shape index (κ3) is 6.43. The molecule has 2 atom stereocenters. The van der Waals surface area contributed by atoms with Crippen LogP contribution in [0, 0.1) is 5.82 Å². The van der Waals surface area contributed by atoms with Crippen molar-refractivity contribution in [2.24, 2.45) is 0 Å². The SMILES string of the molecule is C[C@H](NC(=O)Nc1ccccc1)C(=O)O[C@H](C)C(=O)Nc1ccc(F)cc1. The second-order valence-electron chi connectivity index (χ2n) is 5.76. The molecule has 2 rings (SSSR count). The number of amides is 3. The Kier molecular flexibility index (Phi) is 6.87. The first-order chi connectivity index (χ1) is 12.8. The average molecular weight is 373 g/mol. The molecule has 0 saturated heterocycles. The molecule has 3 amide bonds. The summed E-state index contributed by atoms with van der Waals surface area (Å²) in [6.45, 7) is 2.84. The zero-order valence-corrected chi connectivity index (χ0v) is 14.9. The second-order valence-corrected chi connectivity index (χ2v) is 5.76. The molecule has 2 aromatic rings. The first-order valence-electron chi connectivity index (χ1n) is 8.24. The van der Waals surface area contributed by atoms with E-state index in [0.717, 1.165) is 0 Å². The van der Waals surface area contributed by atoms with Gasteiger partial charge in [-0.3, -0.25) is 4.79 Å².